The Balaban J connectivity index is 0. The molecule has 0 radical (unpaired) electrons. The molecule has 0 aromatic rings. The lowest BCUT2D eigenvalue weighted by atomic mass is 10.1. The number of hydrogen-bond donors (Lipinski definition) is 2. The van der Waals surface area contributed by atoms with Gasteiger partial charge in [0.1, 0.15) is 0 Å². The Hall–Kier alpha value is -2.37. The lowest BCUT2D eigenvalue weighted by molar-refractivity contribution is -0.133. The van der Waals surface area contributed by atoms with Crippen LogP contribution in [0.3, 0.4) is 0 Å². The average molecular weight is 353 g/mol. The number of carbonyl (C=O) groups excluding carboxylic acids is 1. The summed E-state index contributed by atoms with van der Waals surface area (Å²) in [5.74, 6) is -2.20. The van der Waals surface area contributed by atoms with Gasteiger partial charge in [0.2, 0.25) is 5.91 Å². The standard InChI is InChI=1S/C15H25NO3.C4H6O2/c1-4-6-7-8-9-10-11-16(14(17)5-2)12-13(3)15(18)19;1-3(2)4(5)6/h5,12H,2,4,6-11H2,1,3H3,(H,18,19);1H2,2H3,(H,5,6). The number of aliphatic carboxylic acids is 2. The fraction of sp³-hybridized carbons (Fsp3) is 0.526. The highest BCUT2D eigenvalue weighted by Crippen LogP contribution is 2.08. The van der Waals surface area contributed by atoms with Gasteiger partial charge >= 0.3 is 11.9 Å². The summed E-state index contributed by atoms with van der Waals surface area (Å²) in [6, 6.07) is 0. The summed E-state index contributed by atoms with van der Waals surface area (Å²) in [5, 5.41) is 16.7. The molecule has 0 aliphatic carbocycles. The zero-order valence-electron chi connectivity index (χ0n) is 15.6. The lowest BCUT2D eigenvalue weighted by Gasteiger charge is -2.17. The van der Waals surface area contributed by atoms with Crippen LogP contribution in [-0.4, -0.2) is 39.5 Å². The van der Waals surface area contributed by atoms with Gasteiger partial charge in [-0.05, 0) is 26.3 Å². The second kappa shape index (κ2) is 15.2. The van der Waals surface area contributed by atoms with Gasteiger partial charge < -0.3 is 15.1 Å². The van der Waals surface area contributed by atoms with Crippen LogP contribution in [-0.2, 0) is 14.4 Å². The van der Waals surface area contributed by atoms with Crippen LogP contribution in [0.2, 0.25) is 0 Å². The minimum Gasteiger partial charge on any atom is -0.478 e. The molecule has 0 bridgehead atoms. The molecule has 2 N–H and O–H groups in total. The zero-order valence-corrected chi connectivity index (χ0v) is 15.6. The third-order valence-electron chi connectivity index (χ3n) is 3.26. The number of carboxylic acid groups (broad SMARTS) is 2. The fourth-order valence-electron chi connectivity index (χ4n) is 1.71. The molecule has 0 unspecified atom stereocenters. The molecule has 0 atom stereocenters. The molecule has 142 valence electrons. The predicted molar refractivity (Wildman–Crippen MR) is 99.1 cm³/mol. The SMILES string of the molecule is C=C(C)C(=O)O.C=CC(=O)N(C=C(C)C(=O)O)CCCCCCCC. The first kappa shape index (κ1) is 24.9. The summed E-state index contributed by atoms with van der Waals surface area (Å²) in [7, 11) is 0. The van der Waals surface area contributed by atoms with Crippen molar-refractivity contribution in [3.63, 3.8) is 0 Å². The molecule has 0 aromatic heterocycles. The third kappa shape index (κ3) is 14.9. The minimum atomic E-state index is -1.01. The summed E-state index contributed by atoms with van der Waals surface area (Å²) in [4.78, 5) is 33.4. The van der Waals surface area contributed by atoms with Gasteiger partial charge in [0.15, 0.2) is 0 Å². The zero-order chi connectivity index (χ0) is 19.8. The van der Waals surface area contributed by atoms with Crippen LogP contribution in [0.15, 0.2) is 36.6 Å². The summed E-state index contributed by atoms with van der Waals surface area (Å²) in [6.07, 6.45) is 9.37. The second-order valence-electron chi connectivity index (χ2n) is 5.71. The molecule has 0 aromatic carbocycles. The first-order valence-corrected chi connectivity index (χ1v) is 8.40. The molecule has 0 aliphatic heterocycles. The molecule has 6 nitrogen and oxygen atoms in total. The summed E-state index contributed by atoms with van der Waals surface area (Å²) >= 11 is 0. The van der Waals surface area contributed by atoms with Crippen LogP contribution in [0.1, 0.15) is 59.3 Å². The third-order valence-corrected chi connectivity index (χ3v) is 3.26. The van der Waals surface area contributed by atoms with Gasteiger partial charge in [0.05, 0.1) is 5.57 Å². The van der Waals surface area contributed by atoms with Crippen molar-refractivity contribution < 1.29 is 24.6 Å². The van der Waals surface area contributed by atoms with E-state index in [0.29, 0.717) is 6.54 Å². The normalized spacial score (nSPS) is 10.3. The van der Waals surface area contributed by atoms with Crippen LogP contribution >= 0.6 is 0 Å². The molecule has 0 saturated heterocycles. The van der Waals surface area contributed by atoms with Gasteiger partial charge in [0.25, 0.3) is 0 Å². The van der Waals surface area contributed by atoms with Crippen LogP contribution in [0.4, 0.5) is 0 Å². The molecule has 0 heterocycles. The maximum Gasteiger partial charge on any atom is 0.332 e. The van der Waals surface area contributed by atoms with Crippen molar-refractivity contribution in [3.8, 4) is 0 Å². The second-order valence-corrected chi connectivity index (χ2v) is 5.71. The minimum absolute atomic E-state index is 0.154. The van der Waals surface area contributed by atoms with Crippen molar-refractivity contribution in [2.45, 2.75) is 59.3 Å². The smallest absolute Gasteiger partial charge is 0.332 e. The van der Waals surface area contributed by atoms with Crippen LogP contribution in [0.25, 0.3) is 0 Å². The number of rotatable bonds is 11. The quantitative estimate of drug-likeness (QED) is 0.432. The van der Waals surface area contributed by atoms with Crippen LogP contribution in [0, 0.1) is 0 Å². The fourth-order valence-corrected chi connectivity index (χ4v) is 1.71. The van der Waals surface area contributed by atoms with E-state index < -0.39 is 11.9 Å². The van der Waals surface area contributed by atoms with E-state index in [0.717, 1.165) is 19.3 Å². The maximum atomic E-state index is 11.6. The number of unbranched alkanes of at least 4 members (excludes halogenated alkanes) is 5. The number of nitrogens with zero attached hydrogens (tertiary/aromatic N) is 1. The van der Waals surface area contributed by atoms with Crippen LogP contribution in [0.5, 0.6) is 0 Å². The van der Waals surface area contributed by atoms with E-state index in [9.17, 15) is 14.4 Å². The summed E-state index contributed by atoms with van der Waals surface area (Å²) in [6.45, 7) is 12.2. The van der Waals surface area contributed by atoms with Crippen molar-refractivity contribution in [3.05, 3.63) is 36.6 Å². The average Bonchev–Trinajstić information content (AvgIpc) is 2.56. The van der Waals surface area contributed by atoms with Crippen molar-refractivity contribution in [1.82, 2.24) is 4.90 Å². The lowest BCUT2D eigenvalue weighted by Crippen LogP contribution is -2.26. The first-order valence-electron chi connectivity index (χ1n) is 8.40. The Morgan fingerprint density at radius 1 is 0.960 bits per heavy atom. The Morgan fingerprint density at radius 3 is 1.84 bits per heavy atom. The van der Waals surface area contributed by atoms with E-state index in [2.05, 4.69) is 20.1 Å². The predicted octanol–water partition coefficient (Wildman–Crippen LogP) is 4.00. The Bertz CT molecular complexity index is 482. The van der Waals surface area contributed by atoms with Gasteiger partial charge in [-0.25, -0.2) is 9.59 Å². The van der Waals surface area contributed by atoms with Gasteiger partial charge in [-0.2, -0.15) is 0 Å². The number of hydrogen-bond acceptors (Lipinski definition) is 3. The van der Waals surface area contributed by atoms with Gasteiger partial charge in [-0.1, -0.05) is 52.2 Å². The maximum absolute atomic E-state index is 11.6. The number of carbonyl (C=O) groups is 3. The van der Waals surface area contributed by atoms with E-state index in [4.69, 9.17) is 10.2 Å². The van der Waals surface area contributed by atoms with E-state index in [1.54, 1.807) is 0 Å². The Morgan fingerprint density at radius 2 is 1.44 bits per heavy atom. The molecular formula is C19H31NO5. The molecule has 0 fully saturated rings. The highest BCUT2D eigenvalue weighted by atomic mass is 16.4. The molecular weight excluding hydrogens is 322 g/mol. The number of amides is 1. The topological polar surface area (TPSA) is 94.9 Å². The van der Waals surface area contributed by atoms with Crippen molar-refractivity contribution in [1.29, 1.82) is 0 Å². The van der Waals surface area contributed by atoms with Crippen molar-refractivity contribution >= 4 is 17.8 Å². The van der Waals surface area contributed by atoms with E-state index >= 15 is 0 Å². The largest absolute Gasteiger partial charge is 0.478 e. The molecule has 1 amide bonds. The van der Waals surface area contributed by atoms with Crippen LogP contribution < -0.4 is 0 Å². The molecule has 0 spiro atoms. The van der Waals surface area contributed by atoms with E-state index in [-0.39, 0.29) is 17.1 Å². The molecule has 0 aliphatic rings. The Labute approximate surface area is 150 Å². The van der Waals surface area contributed by atoms with Gasteiger partial charge in [-0.3, -0.25) is 4.79 Å². The first-order chi connectivity index (χ1) is 11.7. The summed E-state index contributed by atoms with van der Waals surface area (Å²) < 4.78 is 0. The molecule has 0 saturated carbocycles. The highest BCUT2D eigenvalue weighted by molar-refractivity contribution is 5.90. The molecule has 0 rings (SSSR count). The van der Waals surface area contributed by atoms with E-state index in [1.165, 1.54) is 50.3 Å². The highest BCUT2D eigenvalue weighted by Gasteiger charge is 2.10. The van der Waals surface area contributed by atoms with E-state index in [1.807, 2.05) is 0 Å². The molecule has 25 heavy (non-hydrogen) atoms. The van der Waals surface area contributed by atoms with Crippen molar-refractivity contribution in [2.75, 3.05) is 6.54 Å². The monoisotopic (exact) mass is 353 g/mol. The van der Waals surface area contributed by atoms with Gasteiger partial charge in [-0.15, -0.1) is 0 Å². The number of carboxylic acids is 2. The van der Waals surface area contributed by atoms with Gasteiger partial charge in [0, 0.05) is 18.3 Å². The molecule has 6 heteroatoms. The Kier molecular flexibility index (Phi) is 15.1. The summed E-state index contributed by atoms with van der Waals surface area (Å²) in [5.41, 5.74) is 0.330. The van der Waals surface area contributed by atoms with Crippen molar-refractivity contribution in [2.24, 2.45) is 0 Å².